The maximum Gasteiger partial charge on any atom is 0.419 e. The zero-order valence-corrected chi connectivity index (χ0v) is 18.6. The van der Waals surface area contributed by atoms with E-state index in [9.17, 15) is 20.0 Å². The summed E-state index contributed by atoms with van der Waals surface area (Å²) < 4.78 is 7.06. The fourth-order valence-electron chi connectivity index (χ4n) is 4.01. The number of aliphatic hydroxyl groups is 1. The number of para-hydroxylation sites is 1. The summed E-state index contributed by atoms with van der Waals surface area (Å²) in [7, 11) is 0. The summed E-state index contributed by atoms with van der Waals surface area (Å²) in [4.78, 5) is 25.0. The highest BCUT2D eigenvalue weighted by molar-refractivity contribution is 7.99. The van der Waals surface area contributed by atoms with Gasteiger partial charge in [-0.05, 0) is 32.4 Å². The Kier molecular flexibility index (Phi) is 5.10. The molecular formula is C23H24N2O5S. The fraction of sp³-hybridized carbons (Fsp3) is 0.348. The van der Waals surface area contributed by atoms with Crippen LogP contribution in [0.3, 0.4) is 0 Å². The van der Waals surface area contributed by atoms with E-state index >= 15 is 0 Å². The van der Waals surface area contributed by atoms with Crippen LogP contribution in [0.2, 0.25) is 0 Å². The number of nitrogens with zero attached hydrogens (tertiary/aromatic N) is 2. The summed E-state index contributed by atoms with van der Waals surface area (Å²) in [5.41, 5.74) is -0.772. The van der Waals surface area contributed by atoms with Crippen molar-refractivity contribution in [1.82, 2.24) is 4.57 Å². The number of hydrogen-bond donors (Lipinski definition) is 1. The molecule has 2 aromatic carbocycles. The van der Waals surface area contributed by atoms with Gasteiger partial charge < -0.3 is 9.84 Å². The molecule has 2 heterocycles. The number of nitro groups is 1. The smallest absolute Gasteiger partial charge is 0.419 e. The van der Waals surface area contributed by atoms with Crippen molar-refractivity contribution in [3.8, 4) is 0 Å². The molecule has 0 radical (unpaired) electrons. The molecule has 1 N–H and O–H groups in total. The normalized spacial score (nSPS) is 23.4. The number of benzene rings is 2. The topological polar surface area (TPSA) is 94.6 Å². The molecule has 1 aliphatic heterocycles. The molecule has 0 saturated carbocycles. The third-order valence-corrected chi connectivity index (χ3v) is 7.14. The highest BCUT2D eigenvalue weighted by Crippen LogP contribution is 2.58. The summed E-state index contributed by atoms with van der Waals surface area (Å²) in [6, 6.07) is 16.1. The number of aromatic nitrogens is 1. The van der Waals surface area contributed by atoms with Crippen LogP contribution in [0, 0.1) is 10.1 Å². The molecule has 0 unspecified atom stereocenters. The van der Waals surface area contributed by atoms with E-state index in [1.54, 1.807) is 57.2 Å². The van der Waals surface area contributed by atoms with Gasteiger partial charge in [0, 0.05) is 22.8 Å². The largest absolute Gasteiger partial charge is 0.443 e. The van der Waals surface area contributed by atoms with Crippen LogP contribution in [0.4, 0.5) is 4.79 Å². The van der Waals surface area contributed by atoms with Crippen molar-refractivity contribution in [2.75, 3.05) is 0 Å². The van der Waals surface area contributed by atoms with Crippen molar-refractivity contribution in [3.05, 3.63) is 75.8 Å². The first-order valence-electron chi connectivity index (χ1n) is 9.96. The van der Waals surface area contributed by atoms with Gasteiger partial charge in [-0.25, -0.2) is 9.36 Å². The predicted octanol–water partition coefficient (Wildman–Crippen LogP) is 5.34. The van der Waals surface area contributed by atoms with Gasteiger partial charge in [0.2, 0.25) is 0 Å². The average Bonchev–Trinajstić information content (AvgIpc) is 3.04. The molecule has 31 heavy (non-hydrogen) atoms. The minimum absolute atomic E-state index is 0.387. The number of hydrogen-bond acceptors (Lipinski definition) is 6. The molecule has 3 atom stereocenters. The molecule has 0 aliphatic carbocycles. The molecule has 7 nitrogen and oxygen atoms in total. The molecule has 1 aromatic heterocycles. The van der Waals surface area contributed by atoms with E-state index in [2.05, 4.69) is 0 Å². The third-order valence-electron chi connectivity index (χ3n) is 5.53. The second-order valence-electron chi connectivity index (χ2n) is 8.85. The predicted molar refractivity (Wildman–Crippen MR) is 119 cm³/mol. The SMILES string of the molecule is CC(C)(C)OC(=O)n1c2c(c3ccccc31)[C@@H](O)[C@](C)([N+](=O)[O-])[C@@H](c1ccccc1)S2. The standard InChI is InChI=1S/C23H24N2O5S/c1-22(2,3)30-21(27)24-16-13-9-8-12-15(16)17-18(26)23(4,25(28)29)19(31-20(17)24)14-10-6-5-7-11-14/h5-13,18-19,26H,1-4H3/t18-,19-,23+/m1/s1. The van der Waals surface area contributed by atoms with Gasteiger partial charge in [0.25, 0.3) is 5.54 Å². The van der Waals surface area contributed by atoms with Crippen LogP contribution in [-0.4, -0.2) is 31.8 Å². The van der Waals surface area contributed by atoms with Crippen LogP contribution < -0.4 is 0 Å². The van der Waals surface area contributed by atoms with E-state index < -0.39 is 33.5 Å². The van der Waals surface area contributed by atoms with Gasteiger partial charge in [-0.15, -0.1) is 0 Å². The maximum atomic E-state index is 13.2. The number of aliphatic hydroxyl groups excluding tert-OH is 1. The van der Waals surface area contributed by atoms with Gasteiger partial charge in [0.1, 0.15) is 10.9 Å². The second-order valence-corrected chi connectivity index (χ2v) is 9.94. The van der Waals surface area contributed by atoms with Crippen molar-refractivity contribution >= 4 is 28.8 Å². The van der Waals surface area contributed by atoms with Crippen molar-refractivity contribution in [2.45, 2.75) is 55.2 Å². The van der Waals surface area contributed by atoms with Crippen molar-refractivity contribution in [3.63, 3.8) is 0 Å². The lowest BCUT2D eigenvalue weighted by Gasteiger charge is -2.38. The molecule has 1 aliphatic rings. The van der Waals surface area contributed by atoms with Crippen molar-refractivity contribution in [2.24, 2.45) is 0 Å². The molecule has 0 saturated heterocycles. The van der Waals surface area contributed by atoms with Gasteiger partial charge in [-0.3, -0.25) is 10.1 Å². The monoisotopic (exact) mass is 440 g/mol. The molecule has 8 heteroatoms. The molecule has 0 spiro atoms. The first-order chi connectivity index (χ1) is 14.6. The van der Waals surface area contributed by atoms with Gasteiger partial charge in [-0.1, -0.05) is 60.3 Å². The first kappa shape index (κ1) is 21.4. The quantitative estimate of drug-likeness (QED) is 0.427. The van der Waals surface area contributed by atoms with Crippen LogP contribution >= 0.6 is 11.8 Å². The Labute approximate surface area is 184 Å². The van der Waals surface area contributed by atoms with E-state index in [4.69, 9.17) is 4.74 Å². The Morgan fingerprint density at radius 2 is 1.77 bits per heavy atom. The summed E-state index contributed by atoms with van der Waals surface area (Å²) in [6.07, 6.45) is -2.00. The molecule has 4 rings (SSSR count). The van der Waals surface area contributed by atoms with E-state index in [1.165, 1.54) is 23.3 Å². The lowest BCUT2D eigenvalue weighted by atomic mass is 9.83. The number of ether oxygens (including phenoxy) is 1. The fourth-order valence-corrected chi connectivity index (χ4v) is 5.60. The second kappa shape index (κ2) is 7.39. The zero-order chi connectivity index (χ0) is 22.6. The van der Waals surface area contributed by atoms with Crippen LogP contribution in [0.25, 0.3) is 10.9 Å². The van der Waals surface area contributed by atoms with Gasteiger partial charge in [-0.2, -0.15) is 0 Å². The van der Waals surface area contributed by atoms with Crippen LogP contribution in [-0.2, 0) is 4.74 Å². The Hall–Kier alpha value is -2.84. The highest BCUT2D eigenvalue weighted by Gasteiger charge is 2.59. The number of carbonyl (C=O) groups excluding carboxylic acids is 1. The van der Waals surface area contributed by atoms with Crippen LogP contribution in [0.1, 0.15) is 50.2 Å². The van der Waals surface area contributed by atoms with E-state index in [-0.39, 0.29) is 0 Å². The average molecular weight is 441 g/mol. The summed E-state index contributed by atoms with van der Waals surface area (Å²) >= 11 is 1.22. The molecule has 0 amide bonds. The minimum Gasteiger partial charge on any atom is -0.443 e. The van der Waals surface area contributed by atoms with E-state index in [0.717, 1.165) is 0 Å². The molecular weight excluding hydrogens is 416 g/mol. The summed E-state index contributed by atoms with van der Waals surface area (Å²) in [5, 5.41) is 24.0. The molecule has 162 valence electrons. The lowest BCUT2D eigenvalue weighted by Crippen LogP contribution is -2.48. The Balaban J connectivity index is 1.99. The first-order valence-corrected chi connectivity index (χ1v) is 10.8. The minimum atomic E-state index is -1.69. The van der Waals surface area contributed by atoms with Crippen molar-refractivity contribution in [1.29, 1.82) is 0 Å². The van der Waals surface area contributed by atoms with Crippen molar-refractivity contribution < 1.29 is 19.6 Å². The van der Waals surface area contributed by atoms with Gasteiger partial charge >= 0.3 is 6.09 Å². The maximum absolute atomic E-state index is 13.2. The number of carbonyl (C=O) groups is 1. The van der Waals surface area contributed by atoms with Gasteiger partial charge in [0.05, 0.1) is 10.5 Å². The Morgan fingerprint density at radius 3 is 2.39 bits per heavy atom. The lowest BCUT2D eigenvalue weighted by molar-refractivity contribution is -0.581. The molecule has 3 aromatic rings. The Bertz CT molecular complexity index is 1170. The van der Waals surface area contributed by atoms with E-state index in [0.29, 0.717) is 27.1 Å². The summed E-state index contributed by atoms with van der Waals surface area (Å²) in [6.45, 7) is 6.80. The van der Waals surface area contributed by atoms with Crippen LogP contribution in [0.5, 0.6) is 0 Å². The Morgan fingerprint density at radius 1 is 1.16 bits per heavy atom. The molecule has 0 fully saturated rings. The third kappa shape index (κ3) is 3.40. The highest BCUT2D eigenvalue weighted by atomic mass is 32.2. The summed E-state index contributed by atoms with van der Waals surface area (Å²) in [5.74, 6) is 0. The number of rotatable bonds is 2. The van der Waals surface area contributed by atoms with Crippen LogP contribution in [0.15, 0.2) is 59.6 Å². The number of thioether (sulfide) groups is 1. The van der Waals surface area contributed by atoms with Gasteiger partial charge in [0.15, 0.2) is 6.10 Å². The zero-order valence-electron chi connectivity index (χ0n) is 17.7. The molecule has 0 bridgehead atoms. The van der Waals surface area contributed by atoms with E-state index in [1.807, 2.05) is 18.2 Å². The number of fused-ring (bicyclic) bond motifs is 3.